The number of amides is 1. The van der Waals surface area contributed by atoms with Gasteiger partial charge in [-0.1, -0.05) is 36.4 Å². The molecule has 2 atom stereocenters. The van der Waals surface area contributed by atoms with Crippen LogP contribution in [0.3, 0.4) is 0 Å². The van der Waals surface area contributed by atoms with Gasteiger partial charge in [0.25, 0.3) is 0 Å². The summed E-state index contributed by atoms with van der Waals surface area (Å²) in [7, 11) is -3.35. The van der Waals surface area contributed by atoms with E-state index in [0.29, 0.717) is 13.0 Å². The minimum absolute atomic E-state index is 0.177. The zero-order chi connectivity index (χ0) is 17.3. The smallest absolute Gasteiger partial charge is 0.238 e. The van der Waals surface area contributed by atoms with Crippen molar-refractivity contribution in [3.8, 4) is 0 Å². The normalized spacial score (nSPS) is 20.2. The third-order valence-corrected chi connectivity index (χ3v) is 5.85. The molecule has 0 spiro atoms. The Kier molecular flexibility index (Phi) is 4.60. The maximum atomic E-state index is 12.5. The molecule has 1 amide bonds. The third-order valence-electron chi connectivity index (χ3n) is 4.56. The van der Waals surface area contributed by atoms with Gasteiger partial charge in [0.05, 0.1) is 12.3 Å². The first kappa shape index (κ1) is 16.9. The van der Waals surface area contributed by atoms with Crippen LogP contribution in [0.1, 0.15) is 31.4 Å². The predicted octanol–water partition coefficient (Wildman–Crippen LogP) is 2.44. The summed E-state index contributed by atoms with van der Waals surface area (Å²) in [5.74, 6) is -0.224. The van der Waals surface area contributed by atoms with Crippen LogP contribution in [0, 0.1) is 0 Å². The average Bonchev–Trinajstić information content (AvgIpc) is 3.04. The molecule has 128 valence electrons. The lowest BCUT2D eigenvalue weighted by Crippen LogP contribution is -2.46. The summed E-state index contributed by atoms with van der Waals surface area (Å²) in [5.41, 5.74) is 1.01. The highest BCUT2D eigenvalue weighted by molar-refractivity contribution is 7.88. The van der Waals surface area contributed by atoms with Crippen LogP contribution >= 0.6 is 0 Å². The Balaban J connectivity index is 1.75. The van der Waals surface area contributed by atoms with Crippen molar-refractivity contribution in [2.24, 2.45) is 0 Å². The lowest BCUT2D eigenvalue weighted by atomic mass is 10.0. The van der Waals surface area contributed by atoms with E-state index in [-0.39, 0.29) is 11.9 Å². The first-order valence-corrected chi connectivity index (χ1v) is 9.97. The van der Waals surface area contributed by atoms with Crippen LogP contribution in [0.4, 0.5) is 0 Å². The number of fused-ring (bicyclic) bond motifs is 1. The molecule has 6 heteroatoms. The van der Waals surface area contributed by atoms with Crippen molar-refractivity contribution in [3.05, 3.63) is 48.0 Å². The van der Waals surface area contributed by atoms with Crippen molar-refractivity contribution in [1.29, 1.82) is 0 Å². The first-order chi connectivity index (χ1) is 11.4. The fraction of sp³-hybridized carbons (Fsp3) is 0.389. The molecule has 1 saturated heterocycles. The van der Waals surface area contributed by atoms with E-state index < -0.39 is 16.1 Å². The number of carbonyl (C=O) groups is 1. The Hall–Kier alpha value is -1.92. The largest absolute Gasteiger partial charge is 0.348 e. The van der Waals surface area contributed by atoms with Crippen molar-refractivity contribution in [2.45, 2.75) is 31.8 Å². The van der Waals surface area contributed by atoms with Crippen LogP contribution in [0.15, 0.2) is 42.5 Å². The second-order valence-electron chi connectivity index (χ2n) is 6.37. The van der Waals surface area contributed by atoms with Crippen molar-refractivity contribution >= 4 is 26.7 Å². The molecule has 2 unspecified atom stereocenters. The molecular formula is C18H22N2O3S. The SMILES string of the molecule is CC(NC(=O)C1CCCN1S(C)(=O)=O)c1ccc2ccccc2c1. The fourth-order valence-electron chi connectivity index (χ4n) is 3.27. The van der Waals surface area contributed by atoms with E-state index in [2.05, 4.69) is 11.4 Å². The number of rotatable bonds is 4. The van der Waals surface area contributed by atoms with Gasteiger partial charge in [0.15, 0.2) is 0 Å². The van der Waals surface area contributed by atoms with Gasteiger partial charge in [-0.05, 0) is 42.2 Å². The number of hydrogen-bond acceptors (Lipinski definition) is 3. The monoisotopic (exact) mass is 346 g/mol. The van der Waals surface area contributed by atoms with Crippen LogP contribution in [-0.2, 0) is 14.8 Å². The lowest BCUT2D eigenvalue weighted by Gasteiger charge is -2.23. The first-order valence-electron chi connectivity index (χ1n) is 8.12. The molecule has 0 bridgehead atoms. The van der Waals surface area contributed by atoms with Crippen LogP contribution in [0.5, 0.6) is 0 Å². The maximum Gasteiger partial charge on any atom is 0.238 e. The van der Waals surface area contributed by atoms with Crippen LogP contribution in [0.25, 0.3) is 10.8 Å². The molecule has 1 fully saturated rings. The molecule has 2 aromatic rings. The molecule has 3 rings (SSSR count). The lowest BCUT2D eigenvalue weighted by molar-refractivity contribution is -0.124. The number of hydrogen-bond donors (Lipinski definition) is 1. The second-order valence-corrected chi connectivity index (χ2v) is 8.30. The Bertz CT molecular complexity index is 863. The highest BCUT2D eigenvalue weighted by Crippen LogP contribution is 2.23. The summed E-state index contributed by atoms with van der Waals surface area (Å²) in [5, 5.41) is 5.23. The number of nitrogens with zero attached hydrogens (tertiary/aromatic N) is 1. The topological polar surface area (TPSA) is 66.5 Å². The Morgan fingerprint density at radius 1 is 1.21 bits per heavy atom. The van der Waals surface area contributed by atoms with E-state index in [1.54, 1.807) is 0 Å². The molecule has 1 aliphatic heterocycles. The van der Waals surface area contributed by atoms with Gasteiger partial charge in [-0.3, -0.25) is 4.79 Å². The number of nitrogens with one attached hydrogen (secondary N) is 1. The second kappa shape index (κ2) is 6.53. The van der Waals surface area contributed by atoms with Gasteiger partial charge in [0.1, 0.15) is 6.04 Å². The summed E-state index contributed by atoms with van der Waals surface area (Å²) in [6.45, 7) is 2.34. The molecule has 0 saturated carbocycles. The summed E-state index contributed by atoms with van der Waals surface area (Å²) < 4.78 is 24.9. The molecular weight excluding hydrogens is 324 g/mol. The van der Waals surface area contributed by atoms with E-state index >= 15 is 0 Å². The minimum Gasteiger partial charge on any atom is -0.348 e. The zero-order valence-corrected chi connectivity index (χ0v) is 14.7. The molecule has 24 heavy (non-hydrogen) atoms. The quantitative estimate of drug-likeness (QED) is 0.925. The summed E-state index contributed by atoms with van der Waals surface area (Å²) in [4.78, 5) is 12.5. The van der Waals surface area contributed by atoms with Crippen molar-refractivity contribution < 1.29 is 13.2 Å². The van der Waals surface area contributed by atoms with E-state index in [1.807, 2.05) is 43.3 Å². The van der Waals surface area contributed by atoms with Crippen LogP contribution in [0.2, 0.25) is 0 Å². The molecule has 1 aliphatic rings. The molecule has 1 heterocycles. The van der Waals surface area contributed by atoms with Crippen LogP contribution in [-0.4, -0.2) is 37.5 Å². The third kappa shape index (κ3) is 3.44. The van der Waals surface area contributed by atoms with Gasteiger partial charge in [-0.25, -0.2) is 8.42 Å². The Morgan fingerprint density at radius 2 is 1.92 bits per heavy atom. The Morgan fingerprint density at radius 3 is 2.62 bits per heavy atom. The summed E-state index contributed by atoms with van der Waals surface area (Å²) in [6, 6.07) is 13.4. The maximum absolute atomic E-state index is 12.5. The highest BCUT2D eigenvalue weighted by Gasteiger charge is 2.36. The predicted molar refractivity (Wildman–Crippen MR) is 95.1 cm³/mol. The summed E-state index contributed by atoms with van der Waals surface area (Å²) >= 11 is 0. The van der Waals surface area contributed by atoms with E-state index in [9.17, 15) is 13.2 Å². The Labute approximate surface area is 142 Å². The van der Waals surface area contributed by atoms with E-state index in [4.69, 9.17) is 0 Å². The molecule has 1 N–H and O–H groups in total. The number of sulfonamides is 1. The van der Waals surface area contributed by atoms with E-state index in [0.717, 1.165) is 29.0 Å². The zero-order valence-electron chi connectivity index (χ0n) is 13.9. The molecule has 0 radical (unpaired) electrons. The van der Waals surface area contributed by atoms with Crippen LogP contribution < -0.4 is 5.32 Å². The standard InChI is InChI=1S/C18H22N2O3S/c1-13(15-10-9-14-6-3-4-7-16(14)12-15)19-18(21)17-8-5-11-20(17)24(2,22)23/h3-4,6-7,9-10,12-13,17H,5,8,11H2,1-2H3,(H,19,21). The minimum atomic E-state index is -3.35. The van der Waals surface area contributed by atoms with Gasteiger partial charge >= 0.3 is 0 Å². The molecule has 2 aromatic carbocycles. The number of benzene rings is 2. The van der Waals surface area contributed by atoms with Crippen molar-refractivity contribution in [3.63, 3.8) is 0 Å². The van der Waals surface area contributed by atoms with Gasteiger partial charge in [-0.2, -0.15) is 4.31 Å². The van der Waals surface area contributed by atoms with E-state index in [1.165, 1.54) is 4.31 Å². The van der Waals surface area contributed by atoms with Gasteiger partial charge < -0.3 is 5.32 Å². The highest BCUT2D eigenvalue weighted by atomic mass is 32.2. The average molecular weight is 346 g/mol. The molecule has 0 aliphatic carbocycles. The number of carbonyl (C=O) groups excluding carboxylic acids is 1. The summed E-state index contributed by atoms with van der Waals surface area (Å²) in [6.07, 6.45) is 2.45. The van der Waals surface area contributed by atoms with Crippen molar-refractivity contribution in [1.82, 2.24) is 9.62 Å². The molecule has 0 aromatic heterocycles. The fourth-order valence-corrected chi connectivity index (χ4v) is 4.39. The van der Waals surface area contributed by atoms with Gasteiger partial charge in [0, 0.05) is 6.54 Å². The van der Waals surface area contributed by atoms with Gasteiger partial charge in [0.2, 0.25) is 15.9 Å². The molecule has 5 nitrogen and oxygen atoms in total. The van der Waals surface area contributed by atoms with Crippen molar-refractivity contribution in [2.75, 3.05) is 12.8 Å². The van der Waals surface area contributed by atoms with Gasteiger partial charge in [-0.15, -0.1) is 0 Å².